The van der Waals surface area contributed by atoms with Crippen LogP contribution in [-0.2, 0) is 22.4 Å². The quantitative estimate of drug-likeness (QED) is 0.784. The van der Waals surface area contributed by atoms with Crippen LogP contribution >= 0.6 is 0 Å². The fourth-order valence-corrected chi connectivity index (χ4v) is 2.96. The third-order valence-electron chi connectivity index (χ3n) is 4.32. The zero-order valence-electron chi connectivity index (χ0n) is 14.4. The van der Waals surface area contributed by atoms with Gasteiger partial charge in [0.2, 0.25) is 0 Å². The summed E-state index contributed by atoms with van der Waals surface area (Å²) in [7, 11) is 0. The van der Waals surface area contributed by atoms with Gasteiger partial charge in [-0.2, -0.15) is 0 Å². The SMILES string of the molecule is CCOC(=O)CCc1ccc(CCN2CCCNCCC2)cc1. The van der Waals surface area contributed by atoms with Crippen LogP contribution in [0.5, 0.6) is 0 Å². The zero-order valence-corrected chi connectivity index (χ0v) is 14.4. The number of ether oxygens (including phenoxy) is 1. The first-order valence-corrected chi connectivity index (χ1v) is 8.94. The van der Waals surface area contributed by atoms with Gasteiger partial charge in [-0.1, -0.05) is 24.3 Å². The Balaban J connectivity index is 1.72. The lowest BCUT2D eigenvalue weighted by molar-refractivity contribution is -0.143. The highest BCUT2D eigenvalue weighted by Crippen LogP contribution is 2.09. The summed E-state index contributed by atoms with van der Waals surface area (Å²) in [5.41, 5.74) is 2.59. The van der Waals surface area contributed by atoms with E-state index in [0.29, 0.717) is 13.0 Å². The average molecular weight is 318 g/mol. The summed E-state index contributed by atoms with van der Waals surface area (Å²) in [5, 5.41) is 3.46. The number of nitrogens with zero attached hydrogens (tertiary/aromatic N) is 1. The van der Waals surface area contributed by atoms with E-state index in [1.54, 1.807) is 0 Å². The fraction of sp³-hybridized carbons (Fsp3) is 0.632. The lowest BCUT2D eigenvalue weighted by Gasteiger charge is -2.24. The Hall–Kier alpha value is -1.39. The molecule has 0 spiro atoms. The lowest BCUT2D eigenvalue weighted by atomic mass is 10.1. The van der Waals surface area contributed by atoms with Gasteiger partial charge < -0.3 is 15.0 Å². The number of hydrogen-bond acceptors (Lipinski definition) is 4. The molecular formula is C19H30N2O2. The molecule has 4 nitrogen and oxygen atoms in total. The van der Waals surface area contributed by atoms with Crippen molar-refractivity contribution in [3.8, 4) is 0 Å². The standard InChI is InChI=1S/C19H30N2O2/c1-2-23-19(22)10-9-17-5-7-18(8-6-17)11-16-21-14-3-12-20-13-4-15-21/h5-8,20H,2-4,9-16H2,1H3. The van der Waals surface area contributed by atoms with Crippen LogP contribution in [-0.4, -0.2) is 50.2 Å². The van der Waals surface area contributed by atoms with Gasteiger partial charge in [0, 0.05) is 13.0 Å². The molecule has 4 heteroatoms. The van der Waals surface area contributed by atoms with E-state index in [4.69, 9.17) is 4.74 Å². The summed E-state index contributed by atoms with van der Waals surface area (Å²) in [5.74, 6) is -0.108. The van der Waals surface area contributed by atoms with Crippen LogP contribution in [0.25, 0.3) is 0 Å². The van der Waals surface area contributed by atoms with Gasteiger partial charge in [-0.15, -0.1) is 0 Å². The highest BCUT2D eigenvalue weighted by atomic mass is 16.5. The van der Waals surface area contributed by atoms with Crippen molar-refractivity contribution in [3.05, 3.63) is 35.4 Å². The van der Waals surface area contributed by atoms with Crippen molar-refractivity contribution in [1.82, 2.24) is 10.2 Å². The Bertz CT molecular complexity index is 451. The maximum Gasteiger partial charge on any atom is 0.306 e. The van der Waals surface area contributed by atoms with E-state index in [1.165, 1.54) is 37.1 Å². The summed E-state index contributed by atoms with van der Waals surface area (Å²) in [6.45, 7) is 8.13. The highest BCUT2D eigenvalue weighted by molar-refractivity contribution is 5.69. The lowest BCUT2D eigenvalue weighted by Crippen LogP contribution is -2.35. The number of rotatable bonds is 7. The van der Waals surface area contributed by atoms with E-state index >= 15 is 0 Å². The van der Waals surface area contributed by atoms with Gasteiger partial charge in [-0.05, 0) is 69.9 Å². The minimum absolute atomic E-state index is 0.108. The van der Waals surface area contributed by atoms with Crippen molar-refractivity contribution in [2.45, 2.75) is 39.0 Å². The zero-order chi connectivity index (χ0) is 16.3. The van der Waals surface area contributed by atoms with Crippen LogP contribution in [0.1, 0.15) is 37.3 Å². The largest absolute Gasteiger partial charge is 0.466 e. The van der Waals surface area contributed by atoms with Crippen LogP contribution in [0, 0.1) is 0 Å². The maximum atomic E-state index is 11.4. The molecular weight excluding hydrogens is 288 g/mol. The predicted molar refractivity (Wildman–Crippen MR) is 93.6 cm³/mol. The second-order valence-electron chi connectivity index (χ2n) is 6.17. The third kappa shape index (κ3) is 7.14. The first-order valence-electron chi connectivity index (χ1n) is 8.94. The summed E-state index contributed by atoms with van der Waals surface area (Å²) in [6, 6.07) is 8.69. The number of benzene rings is 1. The molecule has 1 fully saturated rings. The van der Waals surface area contributed by atoms with Gasteiger partial charge in [-0.25, -0.2) is 0 Å². The van der Waals surface area contributed by atoms with Crippen LogP contribution in [0.3, 0.4) is 0 Å². The number of aryl methyl sites for hydroxylation is 1. The Morgan fingerprint density at radius 3 is 2.30 bits per heavy atom. The van der Waals surface area contributed by atoms with Gasteiger partial charge in [0.25, 0.3) is 0 Å². The van der Waals surface area contributed by atoms with Gasteiger partial charge in [0.05, 0.1) is 6.61 Å². The molecule has 0 atom stereocenters. The molecule has 0 bridgehead atoms. The molecule has 2 rings (SSSR count). The van der Waals surface area contributed by atoms with E-state index in [0.717, 1.165) is 32.5 Å². The molecule has 1 saturated heterocycles. The Labute approximate surface area is 140 Å². The van der Waals surface area contributed by atoms with E-state index in [1.807, 2.05) is 6.92 Å². The van der Waals surface area contributed by atoms with Gasteiger partial charge in [-0.3, -0.25) is 4.79 Å². The van der Waals surface area contributed by atoms with Crippen molar-refractivity contribution in [1.29, 1.82) is 0 Å². The molecule has 0 aromatic heterocycles. The molecule has 0 amide bonds. The van der Waals surface area contributed by atoms with Crippen molar-refractivity contribution < 1.29 is 9.53 Å². The maximum absolute atomic E-state index is 11.4. The summed E-state index contributed by atoms with van der Waals surface area (Å²) in [4.78, 5) is 14.0. The summed E-state index contributed by atoms with van der Waals surface area (Å²) in [6.07, 6.45) is 4.82. The van der Waals surface area contributed by atoms with Crippen molar-refractivity contribution in [2.75, 3.05) is 39.3 Å². The normalized spacial score (nSPS) is 16.6. The van der Waals surface area contributed by atoms with Gasteiger partial charge >= 0.3 is 5.97 Å². The van der Waals surface area contributed by atoms with Crippen molar-refractivity contribution in [3.63, 3.8) is 0 Å². The molecule has 1 aromatic carbocycles. The Morgan fingerprint density at radius 1 is 1.09 bits per heavy atom. The number of esters is 1. The van der Waals surface area contributed by atoms with Crippen LogP contribution in [0.2, 0.25) is 0 Å². The van der Waals surface area contributed by atoms with E-state index < -0.39 is 0 Å². The molecule has 0 aliphatic carbocycles. The first kappa shape index (κ1) is 18.0. The number of nitrogens with one attached hydrogen (secondary N) is 1. The molecule has 1 N–H and O–H groups in total. The average Bonchev–Trinajstić information content (AvgIpc) is 2.53. The van der Waals surface area contributed by atoms with E-state index in [-0.39, 0.29) is 5.97 Å². The predicted octanol–water partition coefficient (Wildman–Crippen LogP) is 2.41. The summed E-state index contributed by atoms with van der Waals surface area (Å²) < 4.78 is 4.96. The second-order valence-corrected chi connectivity index (χ2v) is 6.17. The summed E-state index contributed by atoms with van der Waals surface area (Å²) >= 11 is 0. The highest BCUT2D eigenvalue weighted by Gasteiger charge is 2.08. The Kier molecular flexibility index (Phi) is 8.12. The second kappa shape index (κ2) is 10.4. The molecule has 1 aromatic rings. The fourth-order valence-electron chi connectivity index (χ4n) is 2.96. The molecule has 0 saturated carbocycles. The minimum atomic E-state index is -0.108. The molecule has 128 valence electrons. The smallest absolute Gasteiger partial charge is 0.306 e. The molecule has 1 aliphatic rings. The van der Waals surface area contributed by atoms with Crippen molar-refractivity contribution >= 4 is 5.97 Å². The Morgan fingerprint density at radius 2 is 1.70 bits per heavy atom. The number of carbonyl (C=O) groups is 1. The van der Waals surface area contributed by atoms with Gasteiger partial charge in [0.1, 0.15) is 0 Å². The van der Waals surface area contributed by atoms with Crippen LogP contribution in [0.15, 0.2) is 24.3 Å². The van der Waals surface area contributed by atoms with Crippen molar-refractivity contribution in [2.24, 2.45) is 0 Å². The topological polar surface area (TPSA) is 41.6 Å². The van der Waals surface area contributed by atoms with Crippen LogP contribution in [0.4, 0.5) is 0 Å². The molecule has 0 unspecified atom stereocenters. The number of carbonyl (C=O) groups excluding carboxylic acids is 1. The van der Waals surface area contributed by atoms with Gasteiger partial charge in [0.15, 0.2) is 0 Å². The molecule has 1 aliphatic heterocycles. The molecule has 23 heavy (non-hydrogen) atoms. The van der Waals surface area contributed by atoms with E-state index in [9.17, 15) is 4.79 Å². The van der Waals surface area contributed by atoms with Crippen LogP contribution < -0.4 is 5.32 Å². The third-order valence-corrected chi connectivity index (χ3v) is 4.32. The monoisotopic (exact) mass is 318 g/mol. The molecule has 0 radical (unpaired) electrons. The molecule has 1 heterocycles. The number of hydrogen-bond donors (Lipinski definition) is 1. The first-order chi connectivity index (χ1) is 11.3. The van der Waals surface area contributed by atoms with E-state index in [2.05, 4.69) is 34.5 Å². The minimum Gasteiger partial charge on any atom is -0.466 e.